The normalized spacial score (nSPS) is 47.4. The van der Waals surface area contributed by atoms with Gasteiger partial charge in [0.15, 0.2) is 11.2 Å². The molecule has 25 heavy (non-hydrogen) atoms. The topological polar surface area (TPSA) is 88.6 Å². The molecule has 0 aliphatic carbocycles. The number of hydrogen-bond acceptors (Lipinski definition) is 7. The third-order valence-corrected chi connectivity index (χ3v) is 6.36. The van der Waals surface area contributed by atoms with Crippen LogP contribution in [0.5, 0.6) is 0 Å². The molecule has 0 aromatic heterocycles. The lowest BCUT2D eigenvalue weighted by Gasteiger charge is -2.32. The largest absolute Gasteiger partial charge is 0.459 e. The first-order chi connectivity index (χ1) is 11.8. The summed E-state index contributed by atoms with van der Waals surface area (Å²) < 4.78 is 16.9. The second-order valence-corrected chi connectivity index (χ2v) is 7.93. The zero-order valence-corrected chi connectivity index (χ0v) is 14.9. The Morgan fingerprint density at radius 3 is 2.68 bits per heavy atom. The van der Waals surface area contributed by atoms with Crippen LogP contribution in [0.3, 0.4) is 0 Å². The summed E-state index contributed by atoms with van der Waals surface area (Å²) in [5.74, 6) is -1.55. The van der Waals surface area contributed by atoms with E-state index in [0.717, 1.165) is 25.1 Å². The number of carbonyl (C=O) groups is 2. The molecule has 138 valence electrons. The van der Waals surface area contributed by atoms with Crippen molar-refractivity contribution in [1.29, 1.82) is 0 Å². The third-order valence-electron chi connectivity index (χ3n) is 6.36. The first-order valence-corrected chi connectivity index (χ1v) is 8.97. The highest BCUT2D eigenvalue weighted by Crippen LogP contribution is 2.46. The molecule has 1 N–H and O–H groups in total. The summed E-state index contributed by atoms with van der Waals surface area (Å²) in [5, 5.41) is 10.7. The van der Waals surface area contributed by atoms with Crippen LogP contribution >= 0.6 is 0 Å². The number of hydrogen-bond donors (Lipinski definition) is 1. The van der Waals surface area contributed by atoms with Crippen LogP contribution in [0, 0.1) is 5.92 Å². The van der Waals surface area contributed by atoms with Crippen molar-refractivity contribution < 1.29 is 28.9 Å². The molecule has 3 fully saturated rings. The number of nitrogens with zero attached hydrogens (tertiary/aromatic N) is 1. The average molecular weight is 351 g/mol. The zero-order chi connectivity index (χ0) is 18.0. The van der Waals surface area contributed by atoms with Crippen molar-refractivity contribution in [2.24, 2.45) is 5.92 Å². The van der Waals surface area contributed by atoms with Gasteiger partial charge < -0.3 is 19.3 Å². The van der Waals surface area contributed by atoms with Gasteiger partial charge in [0.1, 0.15) is 12.7 Å². The minimum atomic E-state index is -1.69. The molecule has 4 aliphatic heterocycles. The number of esters is 2. The quantitative estimate of drug-likeness (QED) is 0.384. The van der Waals surface area contributed by atoms with Gasteiger partial charge in [0.25, 0.3) is 0 Å². The lowest BCUT2D eigenvalue weighted by Crippen LogP contribution is -2.48. The van der Waals surface area contributed by atoms with Gasteiger partial charge in [0.05, 0.1) is 12.1 Å². The molecule has 0 aromatic rings. The predicted octanol–water partition coefficient (Wildman–Crippen LogP) is 0.404. The third kappa shape index (κ3) is 2.52. The molecule has 6 atom stereocenters. The van der Waals surface area contributed by atoms with E-state index in [4.69, 9.17) is 14.2 Å². The maximum Gasteiger partial charge on any atom is 0.341 e. The number of ether oxygens (including phenoxy) is 3. The summed E-state index contributed by atoms with van der Waals surface area (Å²) in [6, 6.07) is -0.0512. The summed E-state index contributed by atoms with van der Waals surface area (Å²) >= 11 is 0. The summed E-state index contributed by atoms with van der Waals surface area (Å²) in [5.41, 5.74) is -1.82. The number of carbonyl (C=O) groups excluding carboxylic acids is 2. The molecular weight excluding hydrogens is 326 g/mol. The molecule has 1 unspecified atom stereocenters. The van der Waals surface area contributed by atoms with Gasteiger partial charge in [-0.05, 0) is 38.2 Å². The second-order valence-electron chi connectivity index (χ2n) is 7.93. The van der Waals surface area contributed by atoms with Crippen molar-refractivity contribution in [2.45, 2.75) is 63.1 Å². The lowest BCUT2D eigenvalue weighted by atomic mass is 9.82. The SMILES string of the molecule is C[C@@H]1C[C@@]2(O[C@H]2C)C(=O)OC2CCN3CC=C(COC(=O)[C@]1(C)O)[C@H]23. The van der Waals surface area contributed by atoms with E-state index in [-0.39, 0.29) is 37.2 Å². The Morgan fingerprint density at radius 2 is 2.00 bits per heavy atom. The van der Waals surface area contributed by atoms with E-state index in [1.165, 1.54) is 6.92 Å². The van der Waals surface area contributed by atoms with E-state index < -0.39 is 23.1 Å². The molecule has 1 spiro atoms. The molecule has 0 bridgehead atoms. The molecular formula is C18H25NO6. The minimum absolute atomic E-state index is 0.0512. The minimum Gasteiger partial charge on any atom is -0.459 e. The Bertz CT molecular complexity index is 643. The monoisotopic (exact) mass is 351 g/mol. The van der Waals surface area contributed by atoms with Crippen LogP contribution in [0.1, 0.15) is 33.6 Å². The van der Waals surface area contributed by atoms with Gasteiger partial charge in [0.2, 0.25) is 0 Å². The fourth-order valence-corrected chi connectivity index (χ4v) is 4.31. The Morgan fingerprint density at radius 1 is 1.28 bits per heavy atom. The highest BCUT2D eigenvalue weighted by molar-refractivity contribution is 5.84. The van der Waals surface area contributed by atoms with Crippen LogP contribution in [-0.2, 0) is 23.8 Å². The lowest BCUT2D eigenvalue weighted by molar-refractivity contribution is -0.172. The van der Waals surface area contributed by atoms with Crippen molar-refractivity contribution in [3.63, 3.8) is 0 Å². The van der Waals surface area contributed by atoms with Gasteiger partial charge >= 0.3 is 11.9 Å². The van der Waals surface area contributed by atoms with E-state index in [2.05, 4.69) is 4.90 Å². The zero-order valence-electron chi connectivity index (χ0n) is 14.9. The Kier molecular flexibility index (Phi) is 3.76. The van der Waals surface area contributed by atoms with Gasteiger partial charge in [-0.25, -0.2) is 9.59 Å². The Labute approximate surface area is 146 Å². The highest BCUT2D eigenvalue weighted by Gasteiger charge is 2.64. The molecule has 4 rings (SSSR count). The van der Waals surface area contributed by atoms with Gasteiger partial charge in [0, 0.05) is 13.1 Å². The molecule has 7 nitrogen and oxygen atoms in total. The molecule has 0 saturated carbocycles. The van der Waals surface area contributed by atoms with E-state index in [1.807, 2.05) is 13.0 Å². The van der Waals surface area contributed by atoms with Crippen molar-refractivity contribution in [2.75, 3.05) is 19.7 Å². The van der Waals surface area contributed by atoms with Crippen molar-refractivity contribution in [3.05, 3.63) is 11.6 Å². The number of aliphatic hydroxyl groups is 1. The Hall–Kier alpha value is -1.44. The highest BCUT2D eigenvalue weighted by atomic mass is 16.7. The van der Waals surface area contributed by atoms with Crippen LogP contribution < -0.4 is 0 Å². The number of cyclic esters (lactones) is 1. The second kappa shape index (κ2) is 5.53. The predicted molar refractivity (Wildman–Crippen MR) is 86.6 cm³/mol. The summed E-state index contributed by atoms with van der Waals surface area (Å²) in [7, 11) is 0. The van der Waals surface area contributed by atoms with E-state index in [1.54, 1.807) is 6.92 Å². The number of epoxide rings is 1. The molecule has 4 aliphatic rings. The average Bonchev–Trinajstić information content (AvgIpc) is 2.91. The van der Waals surface area contributed by atoms with E-state index >= 15 is 0 Å². The summed E-state index contributed by atoms with van der Waals surface area (Å²) in [4.78, 5) is 27.5. The van der Waals surface area contributed by atoms with Gasteiger partial charge in [-0.3, -0.25) is 4.90 Å². The van der Waals surface area contributed by atoms with Crippen LogP contribution in [0.15, 0.2) is 11.6 Å². The van der Waals surface area contributed by atoms with Gasteiger partial charge in [-0.1, -0.05) is 13.0 Å². The van der Waals surface area contributed by atoms with Crippen LogP contribution in [0.4, 0.5) is 0 Å². The molecule has 0 amide bonds. The van der Waals surface area contributed by atoms with Crippen LogP contribution in [0.25, 0.3) is 0 Å². The van der Waals surface area contributed by atoms with E-state index in [9.17, 15) is 14.7 Å². The van der Waals surface area contributed by atoms with Crippen molar-refractivity contribution >= 4 is 11.9 Å². The molecule has 0 radical (unpaired) electrons. The van der Waals surface area contributed by atoms with Crippen molar-refractivity contribution in [1.82, 2.24) is 4.90 Å². The maximum atomic E-state index is 12.9. The fraction of sp³-hybridized carbons (Fsp3) is 0.778. The first-order valence-electron chi connectivity index (χ1n) is 8.97. The first kappa shape index (κ1) is 17.0. The standard InChI is InChI=1S/C18H25NO6/c1-10-8-18(11(2)25-18)16(21)24-13-5-7-19-6-4-12(14(13)19)9-23-15(20)17(10,3)22/h4,10-11,13-14,22H,5-9H2,1-3H3/t10-,11+,13?,14-,17-,18+/m1/s1. The summed E-state index contributed by atoms with van der Waals surface area (Å²) in [6.45, 7) is 6.70. The summed E-state index contributed by atoms with van der Waals surface area (Å²) in [6.07, 6.45) is 2.48. The molecule has 3 saturated heterocycles. The van der Waals surface area contributed by atoms with Crippen LogP contribution in [-0.4, -0.2) is 71.1 Å². The van der Waals surface area contributed by atoms with Gasteiger partial charge in [-0.2, -0.15) is 0 Å². The Balaban J connectivity index is 1.66. The fourth-order valence-electron chi connectivity index (χ4n) is 4.31. The van der Waals surface area contributed by atoms with Crippen LogP contribution in [0.2, 0.25) is 0 Å². The number of rotatable bonds is 0. The molecule has 4 heterocycles. The molecule has 7 heteroatoms. The van der Waals surface area contributed by atoms with E-state index in [0.29, 0.717) is 0 Å². The van der Waals surface area contributed by atoms with Gasteiger partial charge in [-0.15, -0.1) is 0 Å². The maximum absolute atomic E-state index is 12.9. The van der Waals surface area contributed by atoms with Crippen molar-refractivity contribution in [3.8, 4) is 0 Å². The molecule has 0 aromatic carbocycles. The smallest absolute Gasteiger partial charge is 0.341 e.